The van der Waals surface area contributed by atoms with Crippen LogP contribution in [0.3, 0.4) is 0 Å². The van der Waals surface area contributed by atoms with Gasteiger partial charge in [0, 0.05) is 31.7 Å². The molecule has 1 aromatic carbocycles. The second-order valence-corrected chi connectivity index (χ2v) is 4.29. The first-order chi connectivity index (χ1) is 8.15. The molecular formula is C14H17N3. The molecular weight excluding hydrogens is 210 g/mol. The fourth-order valence-corrected chi connectivity index (χ4v) is 1.55. The van der Waals surface area contributed by atoms with Crippen LogP contribution in [0, 0.1) is 6.92 Å². The van der Waals surface area contributed by atoms with Crippen LogP contribution in [0.25, 0.3) is 0 Å². The zero-order valence-electron chi connectivity index (χ0n) is 10.4. The van der Waals surface area contributed by atoms with Crippen molar-refractivity contribution in [3.63, 3.8) is 0 Å². The Kier molecular flexibility index (Phi) is 3.28. The molecule has 1 aromatic heterocycles. The van der Waals surface area contributed by atoms with Crippen molar-refractivity contribution >= 4 is 17.2 Å². The maximum Gasteiger partial charge on any atom is 0.130 e. The molecule has 0 saturated carbocycles. The molecule has 0 bridgehead atoms. The van der Waals surface area contributed by atoms with Crippen LogP contribution in [0.5, 0.6) is 0 Å². The predicted molar refractivity (Wildman–Crippen MR) is 73.0 cm³/mol. The first-order valence-corrected chi connectivity index (χ1v) is 5.62. The van der Waals surface area contributed by atoms with Gasteiger partial charge in [-0.2, -0.15) is 0 Å². The smallest absolute Gasteiger partial charge is 0.130 e. The number of aryl methyl sites for hydroxylation is 1. The molecule has 3 heteroatoms. The van der Waals surface area contributed by atoms with E-state index in [1.165, 1.54) is 5.69 Å². The van der Waals surface area contributed by atoms with Crippen LogP contribution in [-0.2, 0) is 0 Å². The van der Waals surface area contributed by atoms with E-state index in [1.54, 1.807) is 0 Å². The highest BCUT2D eigenvalue weighted by atomic mass is 15.1. The summed E-state index contributed by atoms with van der Waals surface area (Å²) in [6.45, 7) is 2.03. The molecule has 0 unspecified atom stereocenters. The molecule has 0 spiro atoms. The van der Waals surface area contributed by atoms with Crippen LogP contribution in [0.4, 0.5) is 17.2 Å². The van der Waals surface area contributed by atoms with E-state index in [4.69, 9.17) is 0 Å². The normalized spacial score (nSPS) is 10.1. The molecule has 0 aliphatic rings. The second kappa shape index (κ2) is 4.87. The van der Waals surface area contributed by atoms with E-state index in [9.17, 15) is 0 Å². The van der Waals surface area contributed by atoms with Crippen LogP contribution in [0.15, 0.2) is 42.6 Å². The molecule has 2 aromatic rings. The number of nitrogens with one attached hydrogen (secondary N) is 1. The average molecular weight is 227 g/mol. The zero-order chi connectivity index (χ0) is 12.3. The van der Waals surface area contributed by atoms with Crippen molar-refractivity contribution in [3.05, 3.63) is 48.2 Å². The van der Waals surface area contributed by atoms with E-state index in [-0.39, 0.29) is 0 Å². The van der Waals surface area contributed by atoms with E-state index in [0.29, 0.717) is 0 Å². The van der Waals surface area contributed by atoms with Gasteiger partial charge in [-0.3, -0.25) is 0 Å². The van der Waals surface area contributed by atoms with Crippen LogP contribution in [0.2, 0.25) is 0 Å². The monoisotopic (exact) mass is 227 g/mol. The Bertz CT molecular complexity index is 489. The van der Waals surface area contributed by atoms with Gasteiger partial charge >= 0.3 is 0 Å². The van der Waals surface area contributed by atoms with Gasteiger partial charge in [-0.05, 0) is 36.8 Å². The molecule has 1 N–H and O–H groups in total. The molecule has 0 atom stereocenters. The van der Waals surface area contributed by atoms with Crippen LogP contribution >= 0.6 is 0 Å². The number of aromatic nitrogens is 1. The van der Waals surface area contributed by atoms with E-state index in [2.05, 4.69) is 27.3 Å². The third kappa shape index (κ3) is 2.97. The van der Waals surface area contributed by atoms with Crippen molar-refractivity contribution in [1.29, 1.82) is 0 Å². The number of benzene rings is 1. The average Bonchev–Trinajstić information content (AvgIpc) is 2.32. The van der Waals surface area contributed by atoms with Gasteiger partial charge in [0.25, 0.3) is 0 Å². The third-order valence-corrected chi connectivity index (χ3v) is 2.55. The quantitative estimate of drug-likeness (QED) is 0.872. The largest absolute Gasteiger partial charge is 0.378 e. The number of pyridine rings is 1. The first-order valence-electron chi connectivity index (χ1n) is 5.62. The molecule has 0 aliphatic carbocycles. The summed E-state index contributed by atoms with van der Waals surface area (Å²) in [5.41, 5.74) is 3.38. The van der Waals surface area contributed by atoms with Gasteiger partial charge in [0.15, 0.2) is 0 Å². The third-order valence-electron chi connectivity index (χ3n) is 2.55. The maximum atomic E-state index is 4.32. The van der Waals surface area contributed by atoms with Gasteiger partial charge < -0.3 is 10.2 Å². The van der Waals surface area contributed by atoms with Crippen molar-refractivity contribution in [2.24, 2.45) is 0 Å². The van der Waals surface area contributed by atoms with Gasteiger partial charge in [-0.1, -0.05) is 12.1 Å². The zero-order valence-corrected chi connectivity index (χ0v) is 10.4. The van der Waals surface area contributed by atoms with Crippen molar-refractivity contribution < 1.29 is 0 Å². The van der Waals surface area contributed by atoms with Gasteiger partial charge in [0.2, 0.25) is 0 Å². The number of nitrogens with zero attached hydrogens (tertiary/aromatic N) is 2. The van der Waals surface area contributed by atoms with Gasteiger partial charge in [-0.15, -0.1) is 0 Å². The van der Waals surface area contributed by atoms with Gasteiger partial charge in [-0.25, -0.2) is 4.98 Å². The standard InChI is InChI=1S/C14H17N3/c1-11-7-8-14(15-10-11)16-12-5-4-6-13(9-12)17(2)3/h4-10H,1-3H3,(H,15,16). The molecule has 0 fully saturated rings. The van der Waals surface area contributed by atoms with E-state index < -0.39 is 0 Å². The minimum Gasteiger partial charge on any atom is -0.378 e. The second-order valence-electron chi connectivity index (χ2n) is 4.29. The van der Waals surface area contributed by atoms with Crippen molar-refractivity contribution in [2.75, 3.05) is 24.3 Å². The molecule has 0 aliphatic heterocycles. The number of anilines is 3. The summed E-state index contributed by atoms with van der Waals surface area (Å²) < 4.78 is 0. The van der Waals surface area contributed by atoms with Gasteiger partial charge in [0.1, 0.15) is 5.82 Å². The Hall–Kier alpha value is -2.03. The number of rotatable bonds is 3. The number of hydrogen-bond donors (Lipinski definition) is 1. The minimum absolute atomic E-state index is 0.867. The highest BCUT2D eigenvalue weighted by molar-refractivity contribution is 5.62. The van der Waals surface area contributed by atoms with Gasteiger partial charge in [0.05, 0.1) is 0 Å². The summed E-state index contributed by atoms with van der Waals surface area (Å²) in [6.07, 6.45) is 1.86. The van der Waals surface area contributed by atoms with E-state index in [1.807, 2.05) is 51.5 Å². The highest BCUT2D eigenvalue weighted by Gasteiger charge is 1.98. The molecule has 2 rings (SSSR count). The van der Waals surface area contributed by atoms with Crippen LogP contribution in [-0.4, -0.2) is 19.1 Å². The van der Waals surface area contributed by atoms with Crippen LogP contribution in [0.1, 0.15) is 5.56 Å². The molecule has 88 valence electrons. The summed E-state index contributed by atoms with van der Waals surface area (Å²) in [5, 5.41) is 3.29. The Labute approximate surface area is 102 Å². The molecule has 0 saturated heterocycles. The molecule has 17 heavy (non-hydrogen) atoms. The lowest BCUT2D eigenvalue weighted by molar-refractivity contribution is 1.13. The van der Waals surface area contributed by atoms with Crippen molar-refractivity contribution in [1.82, 2.24) is 4.98 Å². The summed E-state index contributed by atoms with van der Waals surface area (Å²) in [4.78, 5) is 6.40. The Morgan fingerprint density at radius 1 is 1.12 bits per heavy atom. The Balaban J connectivity index is 2.18. The summed E-state index contributed by atoms with van der Waals surface area (Å²) in [6, 6.07) is 12.3. The summed E-state index contributed by atoms with van der Waals surface area (Å²) in [7, 11) is 4.06. The Morgan fingerprint density at radius 2 is 1.94 bits per heavy atom. The van der Waals surface area contributed by atoms with Crippen LogP contribution < -0.4 is 10.2 Å². The number of hydrogen-bond acceptors (Lipinski definition) is 3. The van der Waals surface area contributed by atoms with E-state index in [0.717, 1.165) is 17.1 Å². The van der Waals surface area contributed by atoms with Crippen molar-refractivity contribution in [3.8, 4) is 0 Å². The lowest BCUT2D eigenvalue weighted by Gasteiger charge is -2.14. The SMILES string of the molecule is Cc1ccc(Nc2cccc(N(C)C)c2)nc1. The molecule has 0 amide bonds. The fourth-order valence-electron chi connectivity index (χ4n) is 1.55. The fraction of sp³-hybridized carbons (Fsp3) is 0.214. The molecule has 0 radical (unpaired) electrons. The first kappa shape index (κ1) is 11.5. The van der Waals surface area contributed by atoms with E-state index >= 15 is 0 Å². The Morgan fingerprint density at radius 3 is 2.59 bits per heavy atom. The summed E-state index contributed by atoms with van der Waals surface area (Å²) in [5.74, 6) is 0.867. The maximum absolute atomic E-state index is 4.32. The lowest BCUT2D eigenvalue weighted by atomic mass is 10.2. The summed E-state index contributed by atoms with van der Waals surface area (Å²) >= 11 is 0. The minimum atomic E-state index is 0.867. The predicted octanol–water partition coefficient (Wildman–Crippen LogP) is 3.20. The topological polar surface area (TPSA) is 28.2 Å². The lowest BCUT2D eigenvalue weighted by Crippen LogP contribution is -2.08. The molecule has 1 heterocycles. The van der Waals surface area contributed by atoms with Crippen molar-refractivity contribution in [2.45, 2.75) is 6.92 Å². The molecule has 3 nitrogen and oxygen atoms in total. The highest BCUT2D eigenvalue weighted by Crippen LogP contribution is 2.20.